The Balaban J connectivity index is 1.37. The maximum atomic E-state index is 13.4. The van der Waals surface area contributed by atoms with E-state index in [1.165, 1.54) is 52.6 Å². The van der Waals surface area contributed by atoms with Crippen LogP contribution in [0.2, 0.25) is 5.02 Å². The fraction of sp³-hybridized carbons (Fsp3) is 0.333. The molecule has 0 saturated carbocycles. The Kier molecular flexibility index (Phi) is 7.88. The van der Waals surface area contributed by atoms with E-state index in [1.54, 1.807) is 0 Å². The van der Waals surface area contributed by atoms with Crippen LogP contribution in [0.1, 0.15) is 39.2 Å². The predicted molar refractivity (Wildman–Crippen MR) is 147 cm³/mol. The second kappa shape index (κ2) is 11.2. The number of fused-ring (bicyclic) bond motifs is 1. The fourth-order valence-corrected chi connectivity index (χ4v) is 8.13. The Labute approximate surface area is 231 Å². The Morgan fingerprint density at radius 3 is 2.55 bits per heavy atom. The molecule has 0 aliphatic carbocycles. The summed E-state index contributed by atoms with van der Waals surface area (Å²) < 4.78 is 32.9. The summed E-state index contributed by atoms with van der Waals surface area (Å²) in [7, 11) is -2.57. The van der Waals surface area contributed by atoms with Crippen LogP contribution in [0, 0.1) is 0 Å². The van der Waals surface area contributed by atoms with Crippen molar-refractivity contribution in [2.24, 2.45) is 0 Å². The van der Waals surface area contributed by atoms with Gasteiger partial charge >= 0.3 is 5.97 Å². The quantitative estimate of drug-likeness (QED) is 0.417. The second-order valence-electron chi connectivity index (χ2n) is 9.36. The van der Waals surface area contributed by atoms with Crippen molar-refractivity contribution in [2.45, 2.75) is 43.3 Å². The van der Waals surface area contributed by atoms with Crippen molar-refractivity contribution >= 4 is 49.8 Å². The van der Waals surface area contributed by atoms with Crippen LogP contribution in [0.15, 0.2) is 59.5 Å². The molecule has 1 saturated heterocycles. The number of amides is 1. The van der Waals surface area contributed by atoms with Gasteiger partial charge in [-0.05, 0) is 54.7 Å². The summed E-state index contributed by atoms with van der Waals surface area (Å²) in [6.07, 6.45) is 1.60. The third-order valence-electron chi connectivity index (χ3n) is 6.94. The maximum absolute atomic E-state index is 13.4. The van der Waals surface area contributed by atoms with Gasteiger partial charge in [0, 0.05) is 36.1 Å². The van der Waals surface area contributed by atoms with E-state index >= 15 is 0 Å². The predicted octanol–water partition coefficient (Wildman–Crippen LogP) is 4.54. The zero-order valence-corrected chi connectivity index (χ0v) is 23.2. The number of anilines is 1. The molecule has 0 spiro atoms. The highest BCUT2D eigenvalue weighted by Crippen LogP contribution is 2.38. The number of sulfonamides is 1. The Morgan fingerprint density at radius 2 is 1.84 bits per heavy atom. The molecule has 1 amide bonds. The second-order valence-corrected chi connectivity index (χ2v) is 12.8. The lowest BCUT2D eigenvalue weighted by Crippen LogP contribution is -2.43. The number of thiophene rings is 1. The summed E-state index contributed by atoms with van der Waals surface area (Å²) in [4.78, 5) is 29.6. The van der Waals surface area contributed by atoms with Gasteiger partial charge in [0.1, 0.15) is 11.0 Å². The molecule has 1 N–H and O–H groups in total. The molecule has 2 aromatic carbocycles. The van der Waals surface area contributed by atoms with E-state index in [-0.39, 0.29) is 11.4 Å². The first-order valence-corrected chi connectivity index (χ1v) is 15.0. The van der Waals surface area contributed by atoms with E-state index in [1.807, 2.05) is 18.2 Å². The molecule has 1 aromatic heterocycles. The molecule has 5 rings (SSSR count). The SMILES string of the molecule is COC(=O)c1c(NC(=O)C2CCCN2S(=O)(=O)c2ccc(Cl)cc2)sc2c1CCN(Cc1ccccc1)C2. The minimum Gasteiger partial charge on any atom is -0.465 e. The third kappa shape index (κ3) is 5.37. The lowest BCUT2D eigenvalue weighted by Gasteiger charge is -2.27. The van der Waals surface area contributed by atoms with Crippen molar-refractivity contribution in [1.29, 1.82) is 0 Å². The number of rotatable bonds is 7. The number of benzene rings is 2. The molecule has 3 heterocycles. The monoisotopic (exact) mass is 573 g/mol. The number of halogens is 1. The van der Waals surface area contributed by atoms with Gasteiger partial charge < -0.3 is 10.1 Å². The molecule has 11 heteroatoms. The maximum Gasteiger partial charge on any atom is 0.341 e. The summed E-state index contributed by atoms with van der Waals surface area (Å²) in [5.41, 5.74) is 2.46. The lowest BCUT2D eigenvalue weighted by atomic mass is 10.0. The number of methoxy groups -OCH3 is 1. The number of hydrogen-bond acceptors (Lipinski definition) is 7. The van der Waals surface area contributed by atoms with Crippen LogP contribution in [0.4, 0.5) is 5.00 Å². The number of carbonyl (C=O) groups excluding carboxylic acids is 2. The molecule has 2 aliphatic rings. The molecular formula is C27H28ClN3O5S2. The van der Waals surface area contributed by atoms with Crippen molar-refractivity contribution in [3.05, 3.63) is 81.2 Å². The van der Waals surface area contributed by atoms with Gasteiger partial charge in [-0.1, -0.05) is 41.9 Å². The smallest absolute Gasteiger partial charge is 0.341 e. The Bertz CT molecular complexity index is 1440. The van der Waals surface area contributed by atoms with Crippen LogP contribution in [-0.2, 0) is 39.1 Å². The summed E-state index contributed by atoms with van der Waals surface area (Å²) in [6, 6.07) is 15.2. The van der Waals surface area contributed by atoms with Crippen LogP contribution in [-0.4, -0.2) is 55.7 Å². The lowest BCUT2D eigenvalue weighted by molar-refractivity contribution is -0.119. The topological polar surface area (TPSA) is 96.0 Å². The van der Waals surface area contributed by atoms with Gasteiger partial charge in [-0.25, -0.2) is 13.2 Å². The highest BCUT2D eigenvalue weighted by molar-refractivity contribution is 7.89. The summed E-state index contributed by atoms with van der Waals surface area (Å²) >= 11 is 7.28. The molecule has 1 atom stereocenters. The normalized spacial score (nSPS) is 18.2. The molecular weight excluding hydrogens is 546 g/mol. The van der Waals surface area contributed by atoms with Gasteiger partial charge in [0.15, 0.2) is 0 Å². The molecule has 0 radical (unpaired) electrons. The number of nitrogens with zero attached hydrogens (tertiary/aromatic N) is 2. The van der Waals surface area contributed by atoms with E-state index in [9.17, 15) is 18.0 Å². The largest absolute Gasteiger partial charge is 0.465 e. The van der Waals surface area contributed by atoms with E-state index in [2.05, 4.69) is 22.3 Å². The standard InChI is InChI=1S/C27H28ClN3O5S2/c1-36-27(33)24-21-13-15-30(16-18-6-3-2-4-7-18)17-23(21)37-26(24)29-25(32)22-8-5-14-31(22)38(34,35)20-11-9-19(28)10-12-20/h2-4,6-7,9-12,22H,5,8,13-17H2,1H3,(H,29,32). The number of nitrogens with one attached hydrogen (secondary N) is 1. The van der Waals surface area contributed by atoms with Gasteiger partial charge in [0.25, 0.3) is 0 Å². The molecule has 1 unspecified atom stereocenters. The molecule has 38 heavy (non-hydrogen) atoms. The molecule has 1 fully saturated rings. The van der Waals surface area contributed by atoms with Gasteiger partial charge in [-0.3, -0.25) is 9.69 Å². The zero-order chi connectivity index (χ0) is 26.9. The zero-order valence-electron chi connectivity index (χ0n) is 20.9. The highest BCUT2D eigenvalue weighted by Gasteiger charge is 2.40. The van der Waals surface area contributed by atoms with E-state index < -0.39 is 27.9 Å². The minimum absolute atomic E-state index is 0.0851. The number of esters is 1. The van der Waals surface area contributed by atoms with E-state index in [4.69, 9.17) is 16.3 Å². The number of carbonyl (C=O) groups is 2. The van der Waals surface area contributed by atoms with Crippen molar-refractivity contribution in [3.63, 3.8) is 0 Å². The molecule has 0 bridgehead atoms. The van der Waals surface area contributed by atoms with Crippen molar-refractivity contribution in [2.75, 3.05) is 25.5 Å². The van der Waals surface area contributed by atoms with Crippen molar-refractivity contribution in [1.82, 2.24) is 9.21 Å². The molecule has 3 aromatic rings. The number of hydrogen-bond donors (Lipinski definition) is 1. The van der Waals surface area contributed by atoms with Crippen molar-refractivity contribution < 1.29 is 22.7 Å². The van der Waals surface area contributed by atoms with Gasteiger partial charge in [0.05, 0.1) is 17.6 Å². The van der Waals surface area contributed by atoms with Crippen LogP contribution in [0.25, 0.3) is 0 Å². The van der Waals surface area contributed by atoms with Gasteiger partial charge in [-0.2, -0.15) is 4.31 Å². The average molecular weight is 574 g/mol. The van der Waals surface area contributed by atoms with E-state index in [0.717, 1.165) is 23.5 Å². The first-order valence-electron chi connectivity index (χ1n) is 12.4. The summed E-state index contributed by atoms with van der Waals surface area (Å²) in [5, 5.41) is 3.72. The Hall–Kier alpha value is -2.76. The van der Waals surface area contributed by atoms with Crippen LogP contribution in [0.3, 0.4) is 0 Å². The van der Waals surface area contributed by atoms with Gasteiger partial charge in [-0.15, -0.1) is 11.3 Å². The van der Waals surface area contributed by atoms with E-state index in [0.29, 0.717) is 41.4 Å². The van der Waals surface area contributed by atoms with Crippen molar-refractivity contribution in [3.8, 4) is 0 Å². The van der Waals surface area contributed by atoms with Crippen LogP contribution < -0.4 is 5.32 Å². The number of ether oxygens (including phenoxy) is 1. The fourth-order valence-electron chi connectivity index (χ4n) is 5.07. The third-order valence-corrected chi connectivity index (χ3v) is 10.2. The molecule has 8 nitrogen and oxygen atoms in total. The average Bonchev–Trinajstić information content (AvgIpc) is 3.54. The van der Waals surface area contributed by atoms with Crippen LogP contribution >= 0.6 is 22.9 Å². The minimum atomic E-state index is -3.89. The molecule has 2 aliphatic heterocycles. The first-order chi connectivity index (χ1) is 18.3. The summed E-state index contributed by atoms with van der Waals surface area (Å²) in [5.74, 6) is -0.962. The summed E-state index contributed by atoms with van der Waals surface area (Å²) in [6.45, 7) is 2.44. The highest BCUT2D eigenvalue weighted by atomic mass is 35.5. The first kappa shape index (κ1) is 26.8. The van der Waals surface area contributed by atoms with Gasteiger partial charge in [0.2, 0.25) is 15.9 Å². The van der Waals surface area contributed by atoms with Crippen LogP contribution in [0.5, 0.6) is 0 Å². The Morgan fingerprint density at radius 1 is 1.11 bits per heavy atom. The molecule has 200 valence electrons.